The van der Waals surface area contributed by atoms with Crippen LogP contribution in [0.1, 0.15) is 47.0 Å². The molecule has 196 valence electrons. The van der Waals surface area contributed by atoms with Gasteiger partial charge in [-0.25, -0.2) is 19.2 Å². The molecular weight excluding hydrogens is 528 g/mol. The second kappa shape index (κ2) is 9.69. The maximum atomic E-state index is 11.7. The van der Waals surface area contributed by atoms with E-state index in [2.05, 4.69) is 0 Å². The fraction of sp³-hybridized carbons (Fsp3) is 0.0714. The SMILES string of the molecule is O=C(O)c1cccc(OC2=CC3SC3(c3ccc(Oc4cccc(C(=O)O)c4C(=O)O)cc3)C=C2)c1C(=O)O. The van der Waals surface area contributed by atoms with E-state index in [4.69, 9.17) is 9.47 Å². The summed E-state index contributed by atoms with van der Waals surface area (Å²) in [5.41, 5.74) is -0.709. The van der Waals surface area contributed by atoms with Gasteiger partial charge in [0.2, 0.25) is 0 Å². The monoisotopic (exact) mass is 546 g/mol. The van der Waals surface area contributed by atoms with Gasteiger partial charge in [0, 0.05) is 0 Å². The first-order valence-corrected chi connectivity index (χ1v) is 12.2. The van der Waals surface area contributed by atoms with Crippen molar-refractivity contribution in [3.63, 3.8) is 0 Å². The first-order valence-electron chi connectivity index (χ1n) is 11.3. The van der Waals surface area contributed by atoms with Crippen LogP contribution in [0.15, 0.2) is 84.7 Å². The number of thioether (sulfide) groups is 1. The Balaban J connectivity index is 1.33. The Bertz CT molecular complexity index is 1610. The van der Waals surface area contributed by atoms with Crippen LogP contribution in [0.4, 0.5) is 0 Å². The lowest BCUT2D eigenvalue weighted by Crippen LogP contribution is -2.14. The van der Waals surface area contributed by atoms with Crippen LogP contribution in [0, 0.1) is 0 Å². The van der Waals surface area contributed by atoms with Gasteiger partial charge in [0.1, 0.15) is 34.1 Å². The van der Waals surface area contributed by atoms with Crippen molar-refractivity contribution in [3.05, 3.63) is 112 Å². The number of fused-ring (bicyclic) bond motifs is 1. The number of rotatable bonds is 9. The maximum absolute atomic E-state index is 11.7. The molecule has 2 unspecified atom stereocenters. The van der Waals surface area contributed by atoms with Crippen LogP contribution in [0.5, 0.6) is 17.2 Å². The standard InChI is InChI=1S/C28H18O10S/c29-24(30)17-3-1-5-19(22(17)26(33)34)37-15-9-7-14(8-10-15)28-12-11-16(13-21(28)39-28)38-20-6-2-4-18(25(31)32)23(20)27(35)36/h1-13,21H,(H,29,30)(H,31,32)(H,33,34)(H,35,36). The lowest BCUT2D eigenvalue weighted by Gasteiger charge is -2.17. The molecule has 3 aromatic rings. The fourth-order valence-electron chi connectivity index (χ4n) is 4.34. The molecule has 0 saturated carbocycles. The van der Waals surface area contributed by atoms with Crippen LogP contribution >= 0.6 is 11.8 Å². The molecular formula is C28H18O10S. The summed E-state index contributed by atoms with van der Waals surface area (Å²) in [6.07, 6.45) is 5.43. The van der Waals surface area contributed by atoms with Crippen molar-refractivity contribution < 1.29 is 49.1 Å². The van der Waals surface area contributed by atoms with E-state index < -0.39 is 35.0 Å². The van der Waals surface area contributed by atoms with Crippen LogP contribution in [0.2, 0.25) is 0 Å². The molecule has 1 fully saturated rings. The van der Waals surface area contributed by atoms with Crippen LogP contribution in [-0.4, -0.2) is 49.6 Å². The average Bonchev–Trinajstić information content (AvgIpc) is 3.63. The van der Waals surface area contributed by atoms with Crippen LogP contribution < -0.4 is 9.47 Å². The average molecular weight is 547 g/mol. The number of carboxylic acids is 4. The fourth-order valence-corrected chi connectivity index (χ4v) is 5.60. The highest BCUT2D eigenvalue weighted by molar-refractivity contribution is 8.08. The van der Waals surface area contributed by atoms with E-state index in [0.717, 1.165) is 5.56 Å². The van der Waals surface area contributed by atoms with Crippen LogP contribution in [0.3, 0.4) is 0 Å². The topological polar surface area (TPSA) is 168 Å². The van der Waals surface area contributed by atoms with Gasteiger partial charge in [-0.15, -0.1) is 11.8 Å². The Hall–Kier alpha value is -5.03. The Morgan fingerprint density at radius 3 is 1.72 bits per heavy atom. The summed E-state index contributed by atoms with van der Waals surface area (Å²) in [6, 6.07) is 14.9. The normalized spacial score (nSPS) is 18.9. The van der Waals surface area contributed by atoms with E-state index in [0.29, 0.717) is 11.5 Å². The predicted molar refractivity (Wildman–Crippen MR) is 138 cm³/mol. The third kappa shape index (κ3) is 4.71. The molecule has 1 saturated heterocycles. The molecule has 0 spiro atoms. The van der Waals surface area contributed by atoms with E-state index in [1.165, 1.54) is 36.4 Å². The molecule has 0 bridgehead atoms. The third-order valence-electron chi connectivity index (χ3n) is 6.20. The molecule has 39 heavy (non-hydrogen) atoms. The molecule has 0 radical (unpaired) electrons. The third-order valence-corrected chi connectivity index (χ3v) is 7.72. The summed E-state index contributed by atoms with van der Waals surface area (Å²) in [5.74, 6) is -5.05. The molecule has 2 atom stereocenters. The minimum Gasteiger partial charge on any atom is -0.478 e. The summed E-state index contributed by atoms with van der Waals surface area (Å²) in [4.78, 5) is 46.2. The van der Waals surface area contributed by atoms with E-state index >= 15 is 0 Å². The van der Waals surface area contributed by atoms with Gasteiger partial charge in [0.05, 0.1) is 21.1 Å². The zero-order valence-electron chi connectivity index (χ0n) is 19.7. The smallest absolute Gasteiger partial charge is 0.340 e. The number of hydrogen-bond donors (Lipinski definition) is 4. The number of benzene rings is 3. The van der Waals surface area contributed by atoms with Crippen molar-refractivity contribution in [2.45, 2.75) is 10.00 Å². The Labute approximate surface area is 224 Å². The van der Waals surface area contributed by atoms with Crippen LogP contribution in [-0.2, 0) is 4.75 Å². The number of allylic oxidation sites excluding steroid dienone is 1. The lowest BCUT2D eigenvalue weighted by atomic mass is 9.92. The predicted octanol–water partition coefficient (Wildman–Crippen LogP) is 5.12. The first-order chi connectivity index (χ1) is 18.6. The van der Waals surface area contributed by atoms with Crippen molar-refractivity contribution in [1.29, 1.82) is 0 Å². The van der Waals surface area contributed by atoms with Crippen molar-refractivity contribution in [2.75, 3.05) is 0 Å². The van der Waals surface area contributed by atoms with Gasteiger partial charge >= 0.3 is 23.9 Å². The van der Waals surface area contributed by atoms with Crippen molar-refractivity contribution in [3.8, 4) is 17.2 Å². The number of ether oxygens (including phenoxy) is 2. The van der Waals surface area contributed by atoms with Gasteiger partial charge in [0.25, 0.3) is 0 Å². The first kappa shape index (κ1) is 25.6. The second-order valence-corrected chi connectivity index (χ2v) is 9.96. The zero-order valence-corrected chi connectivity index (χ0v) is 20.5. The van der Waals surface area contributed by atoms with E-state index in [9.17, 15) is 39.6 Å². The number of carboxylic acid groups (broad SMARTS) is 4. The van der Waals surface area contributed by atoms with Gasteiger partial charge in [-0.3, -0.25) is 0 Å². The summed E-state index contributed by atoms with van der Waals surface area (Å²) in [7, 11) is 0. The largest absolute Gasteiger partial charge is 0.478 e. The van der Waals surface area contributed by atoms with Crippen LogP contribution in [0.25, 0.3) is 0 Å². The summed E-state index contributed by atoms with van der Waals surface area (Å²) in [6.45, 7) is 0. The van der Waals surface area contributed by atoms with Crippen molar-refractivity contribution in [2.24, 2.45) is 0 Å². The van der Waals surface area contributed by atoms with Gasteiger partial charge < -0.3 is 29.9 Å². The van der Waals surface area contributed by atoms with Gasteiger partial charge in [-0.2, -0.15) is 0 Å². The Morgan fingerprint density at radius 2 is 1.23 bits per heavy atom. The molecule has 11 heteroatoms. The number of hydrogen-bond acceptors (Lipinski definition) is 7. The molecule has 0 amide bonds. The van der Waals surface area contributed by atoms with Gasteiger partial charge in [0.15, 0.2) is 0 Å². The molecule has 0 aromatic heterocycles. The van der Waals surface area contributed by atoms with E-state index in [1.54, 1.807) is 30.0 Å². The molecule has 5 rings (SSSR count). The highest BCUT2D eigenvalue weighted by Crippen LogP contribution is 2.64. The minimum absolute atomic E-state index is 0.0222. The van der Waals surface area contributed by atoms with Crippen molar-refractivity contribution >= 4 is 35.6 Å². The molecule has 1 aliphatic carbocycles. The highest BCUT2D eigenvalue weighted by atomic mass is 32.2. The summed E-state index contributed by atoms with van der Waals surface area (Å²) >= 11 is 1.62. The highest BCUT2D eigenvalue weighted by Gasteiger charge is 2.55. The molecule has 2 aliphatic rings. The number of aromatic carboxylic acids is 4. The lowest BCUT2D eigenvalue weighted by molar-refractivity contribution is 0.0648. The summed E-state index contributed by atoms with van der Waals surface area (Å²) < 4.78 is 11.1. The molecule has 3 aromatic carbocycles. The summed E-state index contributed by atoms with van der Waals surface area (Å²) in [5, 5.41) is 37.6. The molecule has 1 aliphatic heterocycles. The minimum atomic E-state index is -1.42. The molecule has 10 nitrogen and oxygen atoms in total. The maximum Gasteiger partial charge on any atom is 0.340 e. The van der Waals surface area contributed by atoms with E-state index in [1.807, 2.05) is 24.3 Å². The molecule has 1 heterocycles. The Morgan fingerprint density at radius 1 is 0.692 bits per heavy atom. The zero-order chi connectivity index (χ0) is 27.9. The van der Waals surface area contributed by atoms with Crippen molar-refractivity contribution in [1.82, 2.24) is 0 Å². The molecule has 4 N–H and O–H groups in total. The van der Waals surface area contributed by atoms with Gasteiger partial charge in [-0.05, 0) is 54.1 Å². The van der Waals surface area contributed by atoms with Gasteiger partial charge in [-0.1, -0.05) is 30.3 Å². The van der Waals surface area contributed by atoms with E-state index in [-0.39, 0.29) is 32.6 Å². The quantitative estimate of drug-likeness (QED) is 0.263. The number of carbonyl (C=O) groups is 4. The Kier molecular flexibility index (Phi) is 6.36. The second-order valence-electron chi connectivity index (χ2n) is 8.54.